The summed E-state index contributed by atoms with van der Waals surface area (Å²) in [6.45, 7) is 8.85. The monoisotopic (exact) mass is 446 g/mol. The van der Waals surface area contributed by atoms with Gasteiger partial charge in [-0.05, 0) is 74.5 Å². The highest BCUT2D eigenvalue weighted by Gasteiger charge is 2.50. The molecule has 3 saturated carbocycles. The summed E-state index contributed by atoms with van der Waals surface area (Å²) in [5, 5.41) is 20.4. The van der Waals surface area contributed by atoms with Crippen LogP contribution in [0.5, 0.6) is 0 Å². The highest BCUT2D eigenvalue weighted by atomic mass is 19.1. The number of carbonyl (C=O) groups is 1. The van der Waals surface area contributed by atoms with E-state index in [2.05, 4.69) is 26.0 Å². The normalized spacial score (nSPS) is 37.4. The molecule has 2 N–H and O–H groups in total. The van der Waals surface area contributed by atoms with E-state index >= 15 is 0 Å². The summed E-state index contributed by atoms with van der Waals surface area (Å²) < 4.78 is 13.9. The molecular formula is C28H43FO3. The Hall–Kier alpha value is -1.26. The number of halogens is 1. The fraction of sp³-hybridized carbons (Fsp3) is 0.750. The van der Waals surface area contributed by atoms with Crippen LogP contribution in [0.1, 0.15) is 91.9 Å². The van der Waals surface area contributed by atoms with Crippen molar-refractivity contribution in [3.8, 4) is 0 Å². The predicted octanol–water partition coefficient (Wildman–Crippen LogP) is 6.25. The van der Waals surface area contributed by atoms with Crippen molar-refractivity contribution < 1.29 is 19.4 Å². The second kappa shape index (κ2) is 10.3. The van der Waals surface area contributed by atoms with E-state index in [1.54, 1.807) is 6.08 Å². The van der Waals surface area contributed by atoms with E-state index in [0.717, 1.165) is 32.1 Å². The first kappa shape index (κ1) is 25.4. The lowest BCUT2D eigenvalue weighted by Crippen LogP contribution is -2.36. The van der Waals surface area contributed by atoms with Crippen molar-refractivity contribution >= 4 is 5.78 Å². The number of rotatable bonds is 7. The van der Waals surface area contributed by atoms with Crippen molar-refractivity contribution in [3.05, 3.63) is 35.5 Å². The highest BCUT2D eigenvalue weighted by Crippen LogP contribution is 2.59. The Morgan fingerprint density at radius 3 is 2.66 bits per heavy atom. The lowest BCUT2D eigenvalue weighted by Gasteiger charge is -2.44. The molecule has 0 amide bonds. The van der Waals surface area contributed by atoms with Crippen molar-refractivity contribution in [1.29, 1.82) is 0 Å². The second-order valence-corrected chi connectivity index (χ2v) is 10.9. The average Bonchev–Trinajstić information content (AvgIpc) is 3.12. The largest absolute Gasteiger partial charge is 0.393 e. The molecule has 3 rings (SSSR count). The number of aliphatic hydroxyl groups excluding tert-OH is 1. The molecule has 0 bridgehead atoms. The predicted molar refractivity (Wildman–Crippen MR) is 128 cm³/mol. The third kappa shape index (κ3) is 5.28. The van der Waals surface area contributed by atoms with E-state index in [9.17, 15) is 19.4 Å². The van der Waals surface area contributed by atoms with Crippen LogP contribution in [-0.4, -0.2) is 33.9 Å². The Balaban J connectivity index is 1.72. The van der Waals surface area contributed by atoms with Crippen LogP contribution < -0.4 is 0 Å². The maximum Gasteiger partial charge on any atom is 0.193 e. The summed E-state index contributed by atoms with van der Waals surface area (Å²) in [6, 6.07) is 0. The number of ketones is 1. The maximum absolute atomic E-state index is 13.9. The standard InChI is InChI=1S/C28H43FO3/c1-5-28(32,6-2)16-7-9-19(3)23-13-14-24-20(10-8-15-27(23,24)4)11-12-21-17-22(30)18-25(29)26(21)31/h7,11-12,16,19,22-25,30,32H,5-6,8-10,13-15,17-18H2,1-4H3. The van der Waals surface area contributed by atoms with Gasteiger partial charge in [-0.1, -0.05) is 57.6 Å². The minimum absolute atomic E-state index is 0.0740. The van der Waals surface area contributed by atoms with Gasteiger partial charge in [-0.2, -0.15) is 0 Å². The summed E-state index contributed by atoms with van der Waals surface area (Å²) in [6.07, 6.45) is 14.2. The van der Waals surface area contributed by atoms with Crippen molar-refractivity contribution in [2.75, 3.05) is 0 Å². The molecule has 3 aliphatic carbocycles. The number of allylic oxidation sites excluding steroid dienone is 4. The van der Waals surface area contributed by atoms with Crippen LogP contribution in [0.4, 0.5) is 4.39 Å². The molecule has 0 heterocycles. The quantitative estimate of drug-likeness (QED) is 0.359. The van der Waals surface area contributed by atoms with Crippen LogP contribution in [-0.2, 0) is 4.79 Å². The van der Waals surface area contributed by atoms with Gasteiger partial charge in [0, 0.05) is 18.4 Å². The minimum Gasteiger partial charge on any atom is -0.393 e. The van der Waals surface area contributed by atoms with Crippen molar-refractivity contribution in [3.63, 3.8) is 0 Å². The van der Waals surface area contributed by atoms with Gasteiger partial charge in [0.25, 0.3) is 0 Å². The van der Waals surface area contributed by atoms with Crippen LogP contribution in [0.3, 0.4) is 0 Å². The fourth-order valence-electron chi connectivity index (χ4n) is 6.71. The van der Waals surface area contributed by atoms with Gasteiger partial charge >= 0.3 is 0 Å². The van der Waals surface area contributed by atoms with Gasteiger partial charge < -0.3 is 10.2 Å². The fourth-order valence-corrected chi connectivity index (χ4v) is 6.71. The lowest BCUT2D eigenvalue weighted by molar-refractivity contribution is -0.123. The third-order valence-corrected chi connectivity index (χ3v) is 8.92. The highest BCUT2D eigenvalue weighted by molar-refractivity contribution is 5.99. The van der Waals surface area contributed by atoms with E-state index in [1.807, 2.05) is 19.9 Å². The SMILES string of the molecule is CCC(O)(C=CCC(C)C1CCC2C(=CC=C3CC(O)CC(F)C3=O)CCCC21C)CC. The zero-order valence-corrected chi connectivity index (χ0v) is 20.4. The van der Waals surface area contributed by atoms with Crippen molar-refractivity contribution in [1.82, 2.24) is 0 Å². The number of alkyl halides is 1. The smallest absolute Gasteiger partial charge is 0.193 e. The average molecular weight is 447 g/mol. The number of hydrogen-bond donors (Lipinski definition) is 2. The molecule has 180 valence electrons. The van der Waals surface area contributed by atoms with Gasteiger partial charge in [0.2, 0.25) is 0 Å². The van der Waals surface area contributed by atoms with Crippen molar-refractivity contribution in [2.45, 2.75) is 110 Å². The summed E-state index contributed by atoms with van der Waals surface area (Å²) in [7, 11) is 0. The van der Waals surface area contributed by atoms with E-state index < -0.39 is 23.7 Å². The second-order valence-electron chi connectivity index (χ2n) is 10.9. The molecule has 6 unspecified atom stereocenters. The number of carbonyl (C=O) groups excluding carboxylic acids is 1. The topological polar surface area (TPSA) is 57.5 Å². The van der Waals surface area contributed by atoms with Gasteiger partial charge in [-0.25, -0.2) is 4.39 Å². The van der Waals surface area contributed by atoms with Crippen LogP contribution in [0.15, 0.2) is 35.5 Å². The van der Waals surface area contributed by atoms with E-state index in [4.69, 9.17) is 0 Å². The molecule has 6 atom stereocenters. The molecule has 3 fully saturated rings. The number of fused-ring (bicyclic) bond motifs is 1. The summed E-state index contributed by atoms with van der Waals surface area (Å²) in [4.78, 5) is 12.2. The third-order valence-electron chi connectivity index (χ3n) is 8.92. The summed E-state index contributed by atoms with van der Waals surface area (Å²) in [5.74, 6) is 1.25. The maximum atomic E-state index is 13.9. The van der Waals surface area contributed by atoms with Gasteiger partial charge in [-0.15, -0.1) is 0 Å². The molecule has 0 aliphatic heterocycles. The first-order valence-electron chi connectivity index (χ1n) is 12.8. The number of Topliss-reactive ketones (excluding diaryl/α,β-unsaturated/α-hetero) is 1. The Kier molecular flexibility index (Phi) is 8.20. The molecule has 0 aromatic heterocycles. The lowest BCUT2D eigenvalue weighted by atomic mass is 9.61. The first-order valence-corrected chi connectivity index (χ1v) is 12.8. The van der Waals surface area contributed by atoms with E-state index in [1.165, 1.54) is 24.8 Å². The Bertz CT molecular complexity index is 763. The molecule has 32 heavy (non-hydrogen) atoms. The molecule has 0 aromatic rings. The van der Waals surface area contributed by atoms with Gasteiger partial charge in [0.15, 0.2) is 12.0 Å². The van der Waals surface area contributed by atoms with Gasteiger partial charge in [0.05, 0.1) is 11.7 Å². The Labute approximate surface area is 193 Å². The molecule has 0 saturated heterocycles. The summed E-state index contributed by atoms with van der Waals surface area (Å²) >= 11 is 0. The van der Waals surface area contributed by atoms with Crippen LogP contribution >= 0.6 is 0 Å². The molecule has 3 aliphatic rings. The Morgan fingerprint density at radius 1 is 1.25 bits per heavy atom. The van der Waals surface area contributed by atoms with E-state index in [-0.39, 0.29) is 18.3 Å². The molecule has 0 spiro atoms. The van der Waals surface area contributed by atoms with E-state index in [0.29, 0.717) is 23.3 Å². The van der Waals surface area contributed by atoms with Crippen molar-refractivity contribution in [2.24, 2.45) is 23.2 Å². The zero-order valence-electron chi connectivity index (χ0n) is 20.4. The van der Waals surface area contributed by atoms with Crippen LogP contribution in [0, 0.1) is 23.2 Å². The molecular weight excluding hydrogens is 403 g/mol. The minimum atomic E-state index is -1.57. The molecule has 4 heteroatoms. The number of hydrogen-bond acceptors (Lipinski definition) is 3. The summed E-state index contributed by atoms with van der Waals surface area (Å²) in [5.41, 5.74) is 1.40. The molecule has 0 radical (unpaired) electrons. The zero-order chi connectivity index (χ0) is 23.5. The van der Waals surface area contributed by atoms with Gasteiger partial charge in [0.1, 0.15) is 0 Å². The van der Waals surface area contributed by atoms with Crippen LogP contribution in [0.2, 0.25) is 0 Å². The molecule has 0 aromatic carbocycles. The number of aliphatic hydroxyl groups is 2. The first-order chi connectivity index (χ1) is 15.1. The van der Waals surface area contributed by atoms with Crippen LogP contribution in [0.25, 0.3) is 0 Å². The Morgan fingerprint density at radius 2 is 1.97 bits per heavy atom. The molecule has 3 nitrogen and oxygen atoms in total. The van der Waals surface area contributed by atoms with Gasteiger partial charge in [-0.3, -0.25) is 4.79 Å².